The lowest BCUT2D eigenvalue weighted by molar-refractivity contribution is -0.393. The van der Waals surface area contributed by atoms with E-state index in [4.69, 9.17) is 0 Å². The molecule has 0 aromatic heterocycles. The first-order valence-corrected chi connectivity index (χ1v) is 6.59. The Labute approximate surface area is 138 Å². The summed E-state index contributed by atoms with van der Waals surface area (Å²) in [4.78, 5) is 54.4. The number of anilines is 1. The minimum atomic E-state index is -1.40. The highest BCUT2D eigenvalue weighted by Gasteiger charge is 2.36. The van der Waals surface area contributed by atoms with Crippen LogP contribution in [0.25, 0.3) is 0 Å². The first kappa shape index (κ1) is 17.5. The molecular weight excluding hydrogens is 340 g/mol. The van der Waals surface area contributed by atoms with E-state index >= 15 is 0 Å². The molecule has 1 aliphatic heterocycles. The molecule has 4 amide bonds. The van der Waals surface area contributed by atoms with Gasteiger partial charge in [-0.3, -0.25) is 45.9 Å². The van der Waals surface area contributed by atoms with Crippen LogP contribution in [-0.2, 0) is 9.59 Å². The number of carbonyl (C=O) groups is 3. The lowest BCUT2D eigenvalue weighted by atomic mass is 10.0. The quantitative estimate of drug-likeness (QED) is 0.292. The molecule has 0 bridgehead atoms. The molecule has 13 heteroatoms. The third kappa shape index (κ3) is 3.72. The van der Waals surface area contributed by atoms with Crippen LogP contribution in [0.1, 0.15) is 6.92 Å². The van der Waals surface area contributed by atoms with Gasteiger partial charge in [-0.05, 0) is 13.0 Å². The number of carbonyl (C=O) groups excluding carboxylic acids is 3. The number of hydrazone groups is 1. The van der Waals surface area contributed by atoms with Crippen molar-refractivity contribution in [2.45, 2.75) is 6.92 Å². The zero-order valence-electron chi connectivity index (χ0n) is 12.5. The van der Waals surface area contributed by atoms with Crippen molar-refractivity contribution < 1.29 is 24.2 Å². The van der Waals surface area contributed by atoms with Crippen LogP contribution < -0.4 is 16.1 Å². The Morgan fingerprint density at radius 1 is 1.12 bits per heavy atom. The van der Waals surface area contributed by atoms with Crippen molar-refractivity contribution in [2.24, 2.45) is 11.0 Å². The molecule has 1 aromatic carbocycles. The van der Waals surface area contributed by atoms with E-state index in [9.17, 15) is 34.6 Å². The zero-order chi connectivity index (χ0) is 18.7. The number of imide groups is 2. The molecule has 1 fully saturated rings. The van der Waals surface area contributed by atoms with Crippen LogP contribution in [0.2, 0.25) is 0 Å². The van der Waals surface area contributed by atoms with E-state index in [-0.39, 0.29) is 11.4 Å². The molecule has 13 nitrogen and oxygen atoms in total. The maximum Gasteiger partial charge on any atom is 0.328 e. The van der Waals surface area contributed by atoms with Gasteiger partial charge in [0.25, 0.3) is 5.69 Å². The number of benzene rings is 1. The SMILES string of the molecule is CC(=NNc1ccc([N+](=O)[O-])cc1[N+](=O)[O-])C1C(=O)NC(=O)NC1=O. The molecule has 130 valence electrons. The Kier molecular flexibility index (Phi) is 4.67. The van der Waals surface area contributed by atoms with E-state index in [1.807, 2.05) is 10.6 Å². The number of rotatable bonds is 5. The fourth-order valence-corrected chi connectivity index (χ4v) is 1.99. The topological polar surface area (TPSA) is 186 Å². The molecule has 1 saturated heterocycles. The van der Waals surface area contributed by atoms with Crippen molar-refractivity contribution in [1.29, 1.82) is 0 Å². The Bertz CT molecular complexity index is 813. The second kappa shape index (κ2) is 6.69. The highest BCUT2D eigenvalue weighted by Crippen LogP contribution is 2.29. The molecule has 3 N–H and O–H groups in total. The van der Waals surface area contributed by atoms with E-state index in [0.717, 1.165) is 18.2 Å². The van der Waals surface area contributed by atoms with Crippen molar-refractivity contribution >= 4 is 40.6 Å². The predicted octanol–water partition coefficient (Wildman–Crippen LogP) is 0.273. The van der Waals surface area contributed by atoms with Crippen molar-refractivity contribution in [3.63, 3.8) is 0 Å². The lowest BCUT2D eigenvalue weighted by Crippen LogP contribution is -2.57. The summed E-state index contributed by atoms with van der Waals surface area (Å²) in [5, 5.41) is 29.2. The highest BCUT2D eigenvalue weighted by atomic mass is 16.6. The standard InChI is InChI=1S/C12H10N6O7/c1-5(9-10(19)13-12(21)14-11(9)20)15-16-7-3-2-6(17(22)23)4-8(7)18(24)25/h2-4,9,16H,1H3,(H2,13,14,19,20,21). The molecule has 0 atom stereocenters. The smallest absolute Gasteiger partial charge is 0.277 e. The van der Waals surface area contributed by atoms with Crippen molar-refractivity contribution in [3.05, 3.63) is 38.4 Å². The Hall–Kier alpha value is -3.90. The number of urea groups is 1. The molecule has 1 heterocycles. The van der Waals surface area contributed by atoms with E-state index < -0.39 is 45.0 Å². The minimum Gasteiger partial charge on any atom is -0.277 e. The normalized spacial score (nSPS) is 15.4. The van der Waals surface area contributed by atoms with Gasteiger partial charge in [0.05, 0.1) is 21.6 Å². The number of hydrogen-bond donors (Lipinski definition) is 3. The van der Waals surface area contributed by atoms with Gasteiger partial charge in [0.1, 0.15) is 5.69 Å². The number of hydrogen-bond acceptors (Lipinski definition) is 9. The van der Waals surface area contributed by atoms with Crippen LogP contribution in [0.3, 0.4) is 0 Å². The summed E-state index contributed by atoms with van der Waals surface area (Å²) in [7, 11) is 0. The average molecular weight is 350 g/mol. The van der Waals surface area contributed by atoms with Gasteiger partial charge < -0.3 is 0 Å². The molecule has 0 spiro atoms. The number of nitro benzene ring substituents is 2. The fourth-order valence-electron chi connectivity index (χ4n) is 1.99. The molecule has 1 aromatic rings. The number of nitrogens with one attached hydrogen (secondary N) is 3. The van der Waals surface area contributed by atoms with Crippen LogP contribution in [-0.4, -0.2) is 33.4 Å². The maximum atomic E-state index is 11.7. The van der Waals surface area contributed by atoms with E-state index in [0.29, 0.717) is 0 Å². The highest BCUT2D eigenvalue weighted by molar-refractivity contribution is 6.27. The number of amides is 4. The number of nitro groups is 2. The van der Waals surface area contributed by atoms with Gasteiger partial charge >= 0.3 is 11.7 Å². The van der Waals surface area contributed by atoms with Gasteiger partial charge in [0, 0.05) is 6.07 Å². The van der Waals surface area contributed by atoms with Crippen molar-refractivity contribution in [3.8, 4) is 0 Å². The van der Waals surface area contributed by atoms with E-state index in [1.54, 1.807) is 0 Å². The molecular formula is C12H10N6O7. The van der Waals surface area contributed by atoms with Gasteiger partial charge in [-0.1, -0.05) is 0 Å². The average Bonchev–Trinajstić information content (AvgIpc) is 2.51. The third-order valence-corrected chi connectivity index (χ3v) is 3.16. The molecule has 0 unspecified atom stereocenters. The first-order valence-electron chi connectivity index (χ1n) is 6.59. The summed E-state index contributed by atoms with van der Waals surface area (Å²) in [5.74, 6) is -3.19. The third-order valence-electron chi connectivity index (χ3n) is 3.16. The maximum absolute atomic E-state index is 11.7. The largest absolute Gasteiger partial charge is 0.328 e. The van der Waals surface area contributed by atoms with Gasteiger partial charge in [-0.2, -0.15) is 5.10 Å². The van der Waals surface area contributed by atoms with Gasteiger partial charge in [-0.15, -0.1) is 0 Å². The fraction of sp³-hybridized carbons (Fsp3) is 0.167. The number of non-ortho nitro benzene ring substituents is 1. The summed E-state index contributed by atoms with van der Waals surface area (Å²) >= 11 is 0. The van der Waals surface area contributed by atoms with Crippen LogP contribution in [0, 0.1) is 26.1 Å². The molecule has 0 saturated carbocycles. The summed E-state index contributed by atoms with van der Waals surface area (Å²) in [6.45, 7) is 1.30. The summed E-state index contributed by atoms with van der Waals surface area (Å²) in [6.07, 6.45) is 0. The van der Waals surface area contributed by atoms with Crippen LogP contribution in [0.5, 0.6) is 0 Å². The van der Waals surface area contributed by atoms with Crippen molar-refractivity contribution in [1.82, 2.24) is 10.6 Å². The second-order valence-corrected chi connectivity index (χ2v) is 4.82. The number of nitrogens with zero attached hydrogens (tertiary/aromatic N) is 3. The van der Waals surface area contributed by atoms with E-state index in [2.05, 4.69) is 10.5 Å². The summed E-state index contributed by atoms with van der Waals surface area (Å²) in [6, 6.07) is 1.88. The molecule has 1 aliphatic rings. The molecule has 0 aliphatic carbocycles. The van der Waals surface area contributed by atoms with E-state index in [1.165, 1.54) is 6.92 Å². The predicted molar refractivity (Wildman–Crippen MR) is 81.7 cm³/mol. The molecule has 2 rings (SSSR count). The summed E-state index contributed by atoms with van der Waals surface area (Å²) < 4.78 is 0. The second-order valence-electron chi connectivity index (χ2n) is 4.82. The molecule has 0 radical (unpaired) electrons. The summed E-state index contributed by atoms with van der Waals surface area (Å²) in [5.41, 5.74) is 0.941. The van der Waals surface area contributed by atoms with Gasteiger partial charge in [-0.25, -0.2) is 4.79 Å². The Balaban J connectivity index is 2.27. The Morgan fingerprint density at radius 2 is 1.72 bits per heavy atom. The number of barbiturate groups is 1. The van der Waals surface area contributed by atoms with Crippen LogP contribution in [0.15, 0.2) is 23.3 Å². The van der Waals surface area contributed by atoms with Crippen LogP contribution >= 0.6 is 0 Å². The zero-order valence-corrected chi connectivity index (χ0v) is 12.5. The van der Waals surface area contributed by atoms with Crippen molar-refractivity contribution in [2.75, 3.05) is 5.43 Å². The first-order chi connectivity index (χ1) is 11.7. The minimum absolute atomic E-state index is 0.0739. The Morgan fingerprint density at radius 3 is 2.24 bits per heavy atom. The van der Waals surface area contributed by atoms with Gasteiger partial charge in [0.2, 0.25) is 11.8 Å². The van der Waals surface area contributed by atoms with Crippen LogP contribution in [0.4, 0.5) is 21.9 Å². The lowest BCUT2D eigenvalue weighted by Gasteiger charge is -2.20. The monoisotopic (exact) mass is 350 g/mol. The van der Waals surface area contributed by atoms with Gasteiger partial charge in [0.15, 0.2) is 5.92 Å². The molecule has 25 heavy (non-hydrogen) atoms.